The van der Waals surface area contributed by atoms with Crippen molar-refractivity contribution < 1.29 is 13.2 Å². The van der Waals surface area contributed by atoms with Crippen LogP contribution in [0.1, 0.15) is 11.1 Å². The van der Waals surface area contributed by atoms with Gasteiger partial charge in [-0.2, -0.15) is 0 Å². The van der Waals surface area contributed by atoms with E-state index in [0.717, 1.165) is 22.9 Å². The number of hydrogen-bond acceptors (Lipinski definition) is 6. The van der Waals surface area contributed by atoms with Crippen molar-refractivity contribution in [2.24, 2.45) is 0 Å². The van der Waals surface area contributed by atoms with Crippen molar-refractivity contribution >= 4 is 50.7 Å². The minimum absolute atomic E-state index is 0.0392. The van der Waals surface area contributed by atoms with Crippen LogP contribution >= 0.6 is 23.4 Å². The van der Waals surface area contributed by atoms with E-state index in [1.165, 1.54) is 10.5 Å². The van der Waals surface area contributed by atoms with Crippen LogP contribution in [0, 0.1) is 6.92 Å². The van der Waals surface area contributed by atoms with Crippen LogP contribution in [-0.4, -0.2) is 30.0 Å². The molecular formula is C26H21ClN4O3S2. The van der Waals surface area contributed by atoms with Gasteiger partial charge < -0.3 is 5.32 Å². The van der Waals surface area contributed by atoms with Crippen molar-refractivity contribution in [3.8, 4) is 11.3 Å². The highest BCUT2D eigenvalue weighted by atomic mass is 35.5. The van der Waals surface area contributed by atoms with E-state index in [1.807, 2.05) is 55.5 Å². The summed E-state index contributed by atoms with van der Waals surface area (Å²) in [6, 6.07) is 22.1. The molecule has 182 valence electrons. The van der Waals surface area contributed by atoms with Crippen molar-refractivity contribution in [1.82, 2.24) is 9.97 Å². The number of nitrogens with zero attached hydrogens (tertiary/aromatic N) is 3. The number of fused-ring (bicyclic) bond motifs is 3. The molecule has 1 aliphatic heterocycles. The zero-order chi connectivity index (χ0) is 25.3. The Labute approximate surface area is 218 Å². The Morgan fingerprint density at radius 1 is 1.06 bits per heavy atom. The topological polar surface area (TPSA) is 92.3 Å². The van der Waals surface area contributed by atoms with E-state index in [0.29, 0.717) is 32.8 Å². The van der Waals surface area contributed by atoms with E-state index in [9.17, 15) is 13.2 Å². The van der Waals surface area contributed by atoms with Crippen LogP contribution in [0.4, 0.5) is 11.4 Å². The molecule has 4 aromatic rings. The second kappa shape index (κ2) is 9.93. The lowest BCUT2D eigenvalue weighted by atomic mass is 10.1. The number of hydrogen-bond donors (Lipinski definition) is 1. The molecule has 7 nitrogen and oxygen atoms in total. The summed E-state index contributed by atoms with van der Waals surface area (Å²) in [4.78, 5) is 21.3. The van der Waals surface area contributed by atoms with E-state index in [1.54, 1.807) is 24.3 Å². The van der Waals surface area contributed by atoms with Gasteiger partial charge in [-0.25, -0.2) is 18.4 Å². The molecule has 0 radical (unpaired) electrons. The molecule has 10 heteroatoms. The summed E-state index contributed by atoms with van der Waals surface area (Å²) >= 11 is 7.32. The number of halogens is 1. The quantitative estimate of drug-likeness (QED) is 0.257. The first-order valence-corrected chi connectivity index (χ1v) is 13.9. The second-order valence-electron chi connectivity index (χ2n) is 8.20. The normalized spacial score (nSPS) is 13.6. The largest absolute Gasteiger partial charge is 0.324 e. The lowest BCUT2D eigenvalue weighted by Gasteiger charge is -2.31. The summed E-state index contributed by atoms with van der Waals surface area (Å²) in [7, 11) is -3.89. The Hall–Kier alpha value is -3.40. The monoisotopic (exact) mass is 536 g/mol. The van der Waals surface area contributed by atoms with Gasteiger partial charge in [0.25, 0.3) is 10.0 Å². The summed E-state index contributed by atoms with van der Waals surface area (Å²) < 4.78 is 28.5. The lowest BCUT2D eigenvalue weighted by molar-refractivity contribution is -0.113. The fourth-order valence-electron chi connectivity index (χ4n) is 3.90. The van der Waals surface area contributed by atoms with Crippen LogP contribution in [0.3, 0.4) is 0 Å². The Morgan fingerprint density at radius 3 is 2.58 bits per heavy atom. The van der Waals surface area contributed by atoms with Gasteiger partial charge in [-0.1, -0.05) is 78.0 Å². The molecule has 1 amide bonds. The first-order chi connectivity index (χ1) is 17.3. The first kappa shape index (κ1) is 24.3. The predicted molar refractivity (Wildman–Crippen MR) is 143 cm³/mol. The molecule has 2 heterocycles. The average Bonchev–Trinajstić information content (AvgIpc) is 2.87. The molecule has 0 aliphatic carbocycles. The van der Waals surface area contributed by atoms with Crippen LogP contribution in [-0.2, 0) is 21.4 Å². The molecule has 3 aromatic carbocycles. The highest BCUT2D eigenvalue weighted by molar-refractivity contribution is 7.99. The average molecular weight is 537 g/mol. The maximum Gasteiger partial charge on any atom is 0.268 e. The Bertz CT molecular complexity index is 1560. The molecule has 1 N–H and O–H groups in total. The number of anilines is 2. The standard InChI is InChI=1S/C26H21ClN4O3S2/c1-17-11-12-21(20(27)13-17)29-24(32)16-35-26-28-14-23-25(30-26)19-9-5-6-10-22(19)31(36(23,33)34)15-18-7-3-2-4-8-18/h2-14H,15-16H2,1H3,(H,29,32). The number of nitrogens with one attached hydrogen (secondary N) is 1. The van der Waals surface area contributed by atoms with Gasteiger partial charge in [0, 0.05) is 5.56 Å². The number of benzene rings is 3. The zero-order valence-electron chi connectivity index (χ0n) is 19.2. The Kier molecular flexibility index (Phi) is 6.70. The SMILES string of the molecule is Cc1ccc(NC(=O)CSc2ncc3c(n2)-c2ccccc2N(Cc2ccccc2)S3(=O)=O)c(Cl)c1. The van der Waals surface area contributed by atoms with Crippen molar-refractivity contribution in [3.05, 3.63) is 95.1 Å². The third-order valence-corrected chi connectivity index (χ3v) is 8.56. The summed E-state index contributed by atoms with van der Waals surface area (Å²) in [6.45, 7) is 2.11. The smallest absolute Gasteiger partial charge is 0.268 e. The molecule has 0 spiro atoms. The van der Waals surface area contributed by atoms with Crippen LogP contribution < -0.4 is 9.62 Å². The van der Waals surface area contributed by atoms with Gasteiger partial charge in [0.15, 0.2) is 5.16 Å². The molecule has 0 atom stereocenters. The number of carbonyl (C=O) groups excluding carboxylic acids is 1. The molecule has 0 bridgehead atoms. The van der Waals surface area contributed by atoms with E-state index in [2.05, 4.69) is 15.3 Å². The maximum absolute atomic E-state index is 13.6. The van der Waals surface area contributed by atoms with Crippen LogP contribution in [0.2, 0.25) is 5.02 Å². The van der Waals surface area contributed by atoms with Gasteiger partial charge >= 0.3 is 0 Å². The summed E-state index contributed by atoms with van der Waals surface area (Å²) in [5.41, 5.74) is 3.96. The fourth-order valence-corrected chi connectivity index (χ4v) is 6.36. The number of thioether (sulfide) groups is 1. The van der Waals surface area contributed by atoms with Crippen LogP contribution in [0.5, 0.6) is 0 Å². The number of sulfonamides is 1. The van der Waals surface area contributed by atoms with Gasteiger partial charge in [-0.3, -0.25) is 9.10 Å². The summed E-state index contributed by atoms with van der Waals surface area (Å²) in [5.74, 6) is -0.230. The molecule has 0 unspecified atom stereocenters. The number of aryl methyl sites for hydroxylation is 1. The van der Waals surface area contributed by atoms with Crippen molar-refractivity contribution in [3.63, 3.8) is 0 Å². The molecule has 5 rings (SSSR count). The number of aromatic nitrogens is 2. The molecule has 36 heavy (non-hydrogen) atoms. The molecule has 0 fully saturated rings. The number of rotatable bonds is 6. The van der Waals surface area contributed by atoms with Crippen LogP contribution in [0.25, 0.3) is 11.3 Å². The number of para-hydroxylation sites is 1. The number of amides is 1. The van der Waals surface area contributed by atoms with E-state index in [4.69, 9.17) is 11.6 Å². The van der Waals surface area contributed by atoms with Gasteiger partial charge in [-0.15, -0.1) is 0 Å². The Morgan fingerprint density at radius 2 is 1.81 bits per heavy atom. The third kappa shape index (κ3) is 4.82. The van der Waals surface area contributed by atoms with Crippen molar-refractivity contribution in [2.75, 3.05) is 15.4 Å². The number of carbonyl (C=O) groups is 1. The molecule has 0 saturated carbocycles. The highest BCUT2D eigenvalue weighted by Gasteiger charge is 2.36. The maximum atomic E-state index is 13.6. The van der Waals surface area contributed by atoms with Crippen LogP contribution in [0.15, 0.2) is 89.0 Å². The highest BCUT2D eigenvalue weighted by Crippen LogP contribution is 2.42. The summed E-state index contributed by atoms with van der Waals surface area (Å²) in [5, 5.41) is 3.54. The molecule has 0 saturated heterocycles. The minimum atomic E-state index is -3.89. The second-order valence-corrected chi connectivity index (χ2v) is 11.4. The predicted octanol–water partition coefficient (Wildman–Crippen LogP) is 5.55. The van der Waals surface area contributed by atoms with Gasteiger partial charge in [0.05, 0.1) is 40.6 Å². The first-order valence-electron chi connectivity index (χ1n) is 11.0. The Balaban J connectivity index is 1.40. The lowest BCUT2D eigenvalue weighted by Crippen LogP contribution is -2.34. The molecular weight excluding hydrogens is 516 g/mol. The minimum Gasteiger partial charge on any atom is -0.324 e. The molecule has 1 aromatic heterocycles. The van der Waals surface area contributed by atoms with E-state index >= 15 is 0 Å². The van der Waals surface area contributed by atoms with Gasteiger partial charge in [-0.05, 0) is 36.2 Å². The van der Waals surface area contributed by atoms with Crippen molar-refractivity contribution in [2.45, 2.75) is 23.5 Å². The van der Waals surface area contributed by atoms with Gasteiger partial charge in [0.1, 0.15) is 4.90 Å². The summed E-state index contributed by atoms with van der Waals surface area (Å²) in [6.07, 6.45) is 1.32. The van der Waals surface area contributed by atoms with Crippen molar-refractivity contribution in [1.29, 1.82) is 0 Å². The zero-order valence-corrected chi connectivity index (χ0v) is 21.6. The fraction of sp³-hybridized carbons (Fsp3) is 0.115. The van der Waals surface area contributed by atoms with Gasteiger partial charge in [0.2, 0.25) is 5.91 Å². The van der Waals surface area contributed by atoms with E-state index < -0.39 is 10.0 Å². The van der Waals surface area contributed by atoms with E-state index in [-0.39, 0.29) is 23.1 Å². The third-order valence-electron chi connectivity index (χ3n) is 5.63. The molecule has 1 aliphatic rings.